The Balaban J connectivity index is 1.98. The van der Waals surface area contributed by atoms with Crippen molar-refractivity contribution in [2.45, 2.75) is 33.2 Å². The smallest absolute Gasteiger partial charge is 0.220 e. The number of phenolic OH excluding ortho intramolecular Hbond substituents is 1. The molecule has 0 unspecified atom stereocenters. The number of nitrogens with two attached hydrogens (primary N) is 1. The third-order valence-electron chi connectivity index (χ3n) is 4.58. The van der Waals surface area contributed by atoms with E-state index in [0.29, 0.717) is 5.75 Å². The van der Waals surface area contributed by atoms with Gasteiger partial charge in [-0.15, -0.1) is 0 Å². The van der Waals surface area contributed by atoms with Gasteiger partial charge in [-0.25, -0.2) is 0 Å². The van der Waals surface area contributed by atoms with E-state index >= 15 is 0 Å². The average molecular weight is 305 g/mol. The molecule has 1 heterocycles. The van der Waals surface area contributed by atoms with Crippen LogP contribution in [0.15, 0.2) is 18.2 Å². The third-order valence-corrected chi connectivity index (χ3v) is 4.58. The van der Waals surface area contributed by atoms with Crippen molar-refractivity contribution in [3.05, 3.63) is 23.8 Å². The summed E-state index contributed by atoms with van der Waals surface area (Å²) in [6.45, 7) is 8.49. The number of anilines is 1. The molecular formula is C17H27N3O2. The molecule has 1 amide bonds. The predicted octanol–water partition coefficient (Wildman–Crippen LogP) is 1.94. The molecule has 3 N–H and O–H groups in total. The summed E-state index contributed by atoms with van der Waals surface area (Å²) in [6, 6.07) is 5.92. The van der Waals surface area contributed by atoms with Crippen LogP contribution in [0.2, 0.25) is 0 Å². The molecular weight excluding hydrogens is 278 g/mol. The molecule has 5 heteroatoms. The number of benzene rings is 1. The summed E-state index contributed by atoms with van der Waals surface area (Å²) in [5, 5.41) is 10.3. The Labute approximate surface area is 132 Å². The van der Waals surface area contributed by atoms with Gasteiger partial charge in [-0.1, -0.05) is 6.07 Å². The summed E-state index contributed by atoms with van der Waals surface area (Å²) in [4.78, 5) is 15.7. The molecule has 0 aliphatic carbocycles. The number of primary amides is 1. The van der Waals surface area contributed by atoms with E-state index < -0.39 is 0 Å². The van der Waals surface area contributed by atoms with E-state index in [1.165, 1.54) is 0 Å². The van der Waals surface area contributed by atoms with Crippen molar-refractivity contribution in [3.8, 4) is 5.75 Å². The first-order chi connectivity index (χ1) is 10.5. The number of hydrogen-bond donors (Lipinski definition) is 2. The molecule has 0 radical (unpaired) electrons. The summed E-state index contributed by atoms with van der Waals surface area (Å²) >= 11 is 0. The zero-order valence-corrected chi connectivity index (χ0v) is 13.6. The van der Waals surface area contributed by atoms with Crippen LogP contribution in [-0.2, 0) is 11.3 Å². The minimum absolute atomic E-state index is 0.00916. The number of hydrogen-bond acceptors (Lipinski definition) is 4. The molecule has 1 fully saturated rings. The lowest BCUT2D eigenvalue weighted by Gasteiger charge is -2.30. The van der Waals surface area contributed by atoms with Crippen LogP contribution in [0.4, 0.5) is 5.69 Å². The second-order valence-corrected chi connectivity index (χ2v) is 5.94. The van der Waals surface area contributed by atoms with Crippen molar-refractivity contribution in [3.63, 3.8) is 0 Å². The zero-order valence-electron chi connectivity index (χ0n) is 13.6. The molecule has 1 aliphatic heterocycles. The van der Waals surface area contributed by atoms with Crippen molar-refractivity contribution < 1.29 is 9.90 Å². The van der Waals surface area contributed by atoms with Gasteiger partial charge >= 0.3 is 0 Å². The molecule has 1 saturated heterocycles. The van der Waals surface area contributed by atoms with Crippen LogP contribution in [0.1, 0.15) is 32.3 Å². The van der Waals surface area contributed by atoms with Gasteiger partial charge in [0.25, 0.3) is 0 Å². The minimum atomic E-state index is -0.189. The number of aromatic hydroxyl groups is 1. The Kier molecular flexibility index (Phi) is 5.66. The van der Waals surface area contributed by atoms with E-state index in [2.05, 4.69) is 29.7 Å². The molecule has 0 spiro atoms. The molecule has 0 bridgehead atoms. The number of amides is 1. The standard InChI is InChI=1S/C17H27N3O2/c1-3-20(4-2)15-6-5-14(16(21)11-15)12-19-9-7-13(8-10-19)17(18)22/h5-6,11,13,21H,3-4,7-10,12H2,1-2H3,(H2,18,22). The van der Waals surface area contributed by atoms with Gasteiger partial charge in [0.15, 0.2) is 0 Å². The third kappa shape index (κ3) is 3.91. The fourth-order valence-electron chi connectivity index (χ4n) is 3.09. The predicted molar refractivity (Wildman–Crippen MR) is 88.9 cm³/mol. The lowest BCUT2D eigenvalue weighted by molar-refractivity contribution is -0.123. The SMILES string of the molecule is CCN(CC)c1ccc(CN2CCC(C(N)=O)CC2)c(O)c1. The maximum atomic E-state index is 11.2. The lowest BCUT2D eigenvalue weighted by Crippen LogP contribution is -2.38. The number of nitrogens with zero attached hydrogens (tertiary/aromatic N) is 2. The summed E-state index contributed by atoms with van der Waals surface area (Å²) in [7, 11) is 0. The number of rotatable bonds is 6. The fraction of sp³-hybridized carbons (Fsp3) is 0.588. The average Bonchev–Trinajstić information content (AvgIpc) is 2.51. The van der Waals surface area contributed by atoms with Crippen LogP contribution in [0.25, 0.3) is 0 Å². The van der Waals surface area contributed by atoms with Gasteiger partial charge < -0.3 is 15.7 Å². The second-order valence-electron chi connectivity index (χ2n) is 5.94. The number of carbonyl (C=O) groups excluding carboxylic acids is 1. The second kappa shape index (κ2) is 7.49. The molecule has 122 valence electrons. The van der Waals surface area contributed by atoms with Gasteiger partial charge in [-0.3, -0.25) is 9.69 Å². The molecule has 0 aromatic heterocycles. The Bertz CT molecular complexity index is 507. The van der Waals surface area contributed by atoms with Crippen molar-refractivity contribution in [2.75, 3.05) is 31.1 Å². The summed E-state index contributed by atoms with van der Waals surface area (Å²) in [6.07, 6.45) is 1.63. The zero-order chi connectivity index (χ0) is 16.1. The Hall–Kier alpha value is -1.75. The highest BCUT2D eigenvalue weighted by atomic mass is 16.3. The van der Waals surface area contributed by atoms with E-state index in [-0.39, 0.29) is 11.8 Å². The largest absolute Gasteiger partial charge is 0.508 e. The van der Waals surface area contributed by atoms with Crippen LogP contribution in [0, 0.1) is 5.92 Å². The molecule has 1 aliphatic rings. The van der Waals surface area contributed by atoms with E-state index in [0.717, 1.165) is 56.8 Å². The number of phenols is 1. The van der Waals surface area contributed by atoms with Crippen molar-refractivity contribution in [1.29, 1.82) is 0 Å². The normalized spacial score (nSPS) is 16.6. The molecule has 0 atom stereocenters. The lowest BCUT2D eigenvalue weighted by atomic mass is 9.96. The first-order valence-electron chi connectivity index (χ1n) is 8.13. The van der Waals surface area contributed by atoms with Gasteiger partial charge in [0.2, 0.25) is 5.91 Å². The number of piperidine rings is 1. The van der Waals surface area contributed by atoms with E-state index in [1.54, 1.807) is 0 Å². The fourth-order valence-corrected chi connectivity index (χ4v) is 3.09. The summed E-state index contributed by atoms with van der Waals surface area (Å²) in [5.74, 6) is 0.169. The molecule has 0 saturated carbocycles. The highest BCUT2D eigenvalue weighted by Gasteiger charge is 2.23. The van der Waals surface area contributed by atoms with Gasteiger partial charge in [0, 0.05) is 42.9 Å². The van der Waals surface area contributed by atoms with Crippen molar-refractivity contribution >= 4 is 11.6 Å². The van der Waals surface area contributed by atoms with Crippen LogP contribution in [0.3, 0.4) is 0 Å². The topological polar surface area (TPSA) is 69.8 Å². The van der Waals surface area contributed by atoms with E-state index in [9.17, 15) is 9.90 Å². The van der Waals surface area contributed by atoms with Crippen LogP contribution >= 0.6 is 0 Å². The Morgan fingerprint density at radius 2 is 1.95 bits per heavy atom. The highest BCUT2D eigenvalue weighted by Crippen LogP contribution is 2.27. The van der Waals surface area contributed by atoms with Gasteiger partial charge in [-0.05, 0) is 45.8 Å². The maximum Gasteiger partial charge on any atom is 0.220 e. The summed E-state index contributed by atoms with van der Waals surface area (Å²) < 4.78 is 0. The van der Waals surface area contributed by atoms with Gasteiger partial charge in [-0.2, -0.15) is 0 Å². The van der Waals surface area contributed by atoms with Crippen LogP contribution < -0.4 is 10.6 Å². The quantitative estimate of drug-likeness (QED) is 0.842. The van der Waals surface area contributed by atoms with Crippen molar-refractivity contribution in [1.82, 2.24) is 4.90 Å². The number of carbonyl (C=O) groups is 1. The maximum absolute atomic E-state index is 11.2. The van der Waals surface area contributed by atoms with Crippen molar-refractivity contribution in [2.24, 2.45) is 11.7 Å². The summed E-state index contributed by atoms with van der Waals surface area (Å²) in [5.41, 5.74) is 7.35. The van der Waals surface area contributed by atoms with Gasteiger partial charge in [0.1, 0.15) is 5.75 Å². The molecule has 2 rings (SSSR count). The Morgan fingerprint density at radius 1 is 1.32 bits per heavy atom. The molecule has 1 aromatic rings. The van der Waals surface area contributed by atoms with Crippen LogP contribution in [0.5, 0.6) is 5.75 Å². The molecule has 1 aromatic carbocycles. The molecule has 5 nitrogen and oxygen atoms in total. The number of likely N-dealkylation sites (tertiary alicyclic amines) is 1. The highest BCUT2D eigenvalue weighted by molar-refractivity contribution is 5.76. The van der Waals surface area contributed by atoms with Crippen LogP contribution in [-0.4, -0.2) is 42.1 Å². The van der Waals surface area contributed by atoms with Gasteiger partial charge in [0.05, 0.1) is 0 Å². The Morgan fingerprint density at radius 3 is 2.45 bits per heavy atom. The van der Waals surface area contributed by atoms with E-state index in [4.69, 9.17) is 5.73 Å². The minimum Gasteiger partial charge on any atom is -0.508 e. The van der Waals surface area contributed by atoms with E-state index in [1.807, 2.05) is 12.1 Å². The molecule has 22 heavy (non-hydrogen) atoms. The first kappa shape index (κ1) is 16.6. The monoisotopic (exact) mass is 305 g/mol. The first-order valence-corrected chi connectivity index (χ1v) is 8.13.